The summed E-state index contributed by atoms with van der Waals surface area (Å²) in [6, 6.07) is 41.1. The smallest absolute Gasteiger partial charge is 0.136 e. The van der Waals surface area contributed by atoms with E-state index in [1.807, 2.05) is 6.07 Å². The maximum atomic E-state index is 6.54. The predicted octanol–water partition coefficient (Wildman–Crippen LogP) is 10.3. The van der Waals surface area contributed by atoms with Crippen molar-refractivity contribution in [2.75, 3.05) is 0 Å². The Bertz CT molecular complexity index is 2240. The average molecular weight is 502 g/mol. The first-order valence-corrected chi connectivity index (χ1v) is 13.6. The van der Waals surface area contributed by atoms with Gasteiger partial charge < -0.3 is 4.42 Å². The van der Waals surface area contributed by atoms with Crippen LogP contribution in [0.5, 0.6) is 0 Å². The highest BCUT2D eigenvalue weighted by molar-refractivity contribution is 7.21. The Labute approximate surface area is 222 Å². The lowest BCUT2D eigenvalue weighted by molar-refractivity contribution is 0.669. The van der Waals surface area contributed by atoms with E-state index in [-0.39, 0.29) is 0 Å². The molecule has 0 fully saturated rings. The highest BCUT2D eigenvalue weighted by Crippen LogP contribution is 2.50. The Kier molecular flexibility index (Phi) is 3.96. The number of rotatable bonds is 2. The quantitative estimate of drug-likeness (QED) is 0.235. The van der Waals surface area contributed by atoms with Gasteiger partial charge in [-0.05, 0) is 74.5 Å². The fourth-order valence-corrected chi connectivity index (χ4v) is 7.14. The molecule has 0 aliphatic heterocycles. The molecule has 2 aromatic heterocycles. The molecule has 0 unspecified atom stereocenters. The van der Waals surface area contributed by atoms with Crippen molar-refractivity contribution in [3.63, 3.8) is 0 Å². The number of fused-ring (bicyclic) bond motifs is 8. The Morgan fingerprint density at radius 1 is 0.500 bits per heavy atom. The molecular weight excluding hydrogens is 482 g/mol. The molecular formula is C35H19NOS. The van der Waals surface area contributed by atoms with Gasteiger partial charge in [0.05, 0.1) is 10.2 Å². The number of thiazole rings is 1. The second kappa shape index (κ2) is 7.41. The molecule has 0 spiro atoms. The summed E-state index contributed by atoms with van der Waals surface area (Å²) in [4.78, 5) is 4.86. The molecule has 0 amide bonds. The van der Waals surface area contributed by atoms with E-state index in [9.17, 15) is 0 Å². The van der Waals surface area contributed by atoms with Crippen molar-refractivity contribution >= 4 is 54.3 Å². The highest BCUT2D eigenvalue weighted by Gasteiger charge is 2.24. The van der Waals surface area contributed by atoms with Gasteiger partial charge in [0.1, 0.15) is 16.2 Å². The normalized spacial score (nSPS) is 12.2. The van der Waals surface area contributed by atoms with Gasteiger partial charge in [0, 0.05) is 16.3 Å². The molecule has 8 aromatic rings. The topological polar surface area (TPSA) is 26.0 Å². The lowest BCUT2D eigenvalue weighted by atomic mass is 9.97. The number of benzene rings is 6. The first-order chi connectivity index (χ1) is 18.8. The molecule has 2 nitrogen and oxygen atoms in total. The molecule has 0 N–H and O–H groups in total. The second-order valence-electron chi connectivity index (χ2n) is 9.95. The fourth-order valence-electron chi connectivity index (χ4n) is 6.13. The SMILES string of the molecule is c1ccc(-c2nc3ccc(-c4ccc5c(c4)oc4cc6c7c(cccc7c45)-c4ccccc4-6)cc3s2)cc1. The van der Waals surface area contributed by atoms with Gasteiger partial charge in [0.2, 0.25) is 0 Å². The maximum absolute atomic E-state index is 6.54. The Morgan fingerprint density at radius 2 is 1.26 bits per heavy atom. The zero-order chi connectivity index (χ0) is 24.8. The van der Waals surface area contributed by atoms with Crippen LogP contribution in [0.2, 0.25) is 0 Å². The number of hydrogen-bond donors (Lipinski definition) is 0. The Hall–Kier alpha value is -4.73. The lowest BCUT2D eigenvalue weighted by Gasteiger charge is -2.04. The van der Waals surface area contributed by atoms with Gasteiger partial charge >= 0.3 is 0 Å². The molecule has 1 aliphatic carbocycles. The van der Waals surface area contributed by atoms with E-state index in [1.54, 1.807) is 11.3 Å². The molecule has 3 heteroatoms. The van der Waals surface area contributed by atoms with Crippen LogP contribution in [0.3, 0.4) is 0 Å². The van der Waals surface area contributed by atoms with Crippen LogP contribution in [0.1, 0.15) is 0 Å². The van der Waals surface area contributed by atoms with Gasteiger partial charge in [0.15, 0.2) is 0 Å². The van der Waals surface area contributed by atoms with Gasteiger partial charge in [0.25, 0.3) is 0 Å². The molecule has 1 aliphatic rings. The Morgan fingerprint density at radius 3 is 2.16 bits per heavy atom. The molecule has 9 rings (SSSR count). The van der Waals surface area contributed by atoms with Crippen LogP contribution in [0, 0.1) is 0 Å². The van der Waals surface area contributed by atoms with E-state index < -0.39 is 0 Å². The van der Waals surface area contributed by atoms with Crippen molar-refractivity contribution < 1.29 is 4.42 Å². The van der Waals surface area contributed by atoms with E-state index in [2.05, 4.69) is 109 Å². The van der Waals surface area contributed by atoms with Crippen molar-refractivity contribution in [2.24, 2.45) is 0 Å². The Balaban J connectivity index is 1.22. The largest absolute Gasteiger partial charge is 0.456 e. The minimum Gasteiger partial charge on any atom is -0.456 e. The zero-order valence-corrected chi connectivity index (χ0v) is 21.0. The molecule has 6 aromatic carbocycles. The number of aromatic nitrogens is 1. The van der Waals surface area contributed by atoms with Crippen molar-refractivity contribution in [1.82, 2.24) is 4.98 Å². The zero-order valence-electron chi connectivity index (χ0n) is 20.2. The molecule has 0 saturated carbocycles. The maximum Gasteiger partial charge on any atom is 0.136 e. The summed E-state index contributed by atoms with van der Waals surface area (Å²) < 4.78 is 7.73. The third-order valence-electron chi connectivity index (χ3n) is 7.85. The molecule has 0 atom stereocenters. The van der Waals surface area contributed by atoms with E-state index in [0.29, 0.717) is 0 Å². The average Bonchev–Trinajstić information content (AvgIpc) is 3.66. The van der Waals surface area contributed by atoms with E-state index in [0.717, 1.165) is 38.2 Å². The summed E-state index contributed by atoms with van der Waals surface area (Å²) in [6.45, 7) is 0. The summed E-state index contributed by atoms with van der Waals surface area (Å²) in [6.07, 6.45) is 0. The summed E-state index contributed by atoms with van der Waals surface area (Å²) in [5.74, 6) is 0. The third-order valence-corrected chi connectivity index (χ3v) is 8.91. The van der Waals surface area contributed by atoms with Crippen molar-refractivity contribution in [3.8, 4) is 44.0 Å². The number of furan rings is 1. The van der Waals surface area contributed by atoms with Gasteiger partial charge in [-0.3, -0.25) is 0 Å². The van der Waals surface area contributed by atoms with Gasteiger partial charge in [-0.2, -0.15) is 0 Å². The van der Waals surface area contributed by atoms with E-state index >= 15 is 0 Å². The predicted molar refractivity (Wildman–Crippen MR) is 160 cm³/mol. The summed E-state index contributed by atoms with van der Waals surface area (Å²) in [5.41, 5.74) is 11.5. The van der Waals surface area contributed by atoms with Crippen LogP contribution in [-0.4, -0.2) is 4.98 Å². The third kappa shape index (κ3) is 2.74. The fraction of sp³-hybridized carbons (Fsp3) is 0. The van der Waals surface area contributed by atoms with Gasteiger partial charge in [-0.1, -0.05) is 84.9 Å². The van der Waals surface area contributed by atoms with Gasteiger partial charge in [-0.15, -0.1) is 11.3 Å². The standard InChI is InChI=1S/C35H19NOS/c1-2-7-20(8-3-1)35-36-29-16-14-22(18-32(29)38-35)21-13-15-26-30(17-21)37-31-19-28-24-10-5-4-9-23(24)25-11-6-12-27(33(25)28)34(26)31/h1-19H. The molecule has 0 saturated heterocycles. The van der Waals surface area contributed by atoms with E-state index in [4.69, 9.17) is 9.40 Å². The monoisotopic (exact) mass is 501 g/mol. The van der Waals surface area contributed by atoms with Crippen LogP contribution in [0.4, 0.5) is 0 Å². The van der Waals surface area contributed by atoms with Crippen molar-refractivity contribution in [1.29, 1.82) is 0 Å². The molecule has 0 bridgehead atoms. The number of nitrogens with zero attached hydrogens (tertiary/aromatic N) is 1. The van der Waals surface area contributed by atoms with Crippen LogP contribution >= 0.6 is 11.3 Å². The number of hydrogen-bond acceptors (Lipinski definition) is 3. The van der Waals surface area contributed by atoms with Crippen LogP contribution < -0.4 is 0 Å². The van der Waals surface area contributed by atoms with E-state index in [1.165, 1.54) is 48.7 Å². The molecule has 38 heavy (non-hydrogen) atoms. The van der Waals surface area contributed by atoms with Crippen LogP contribution in [0.15, 0.2) is 120 Å². The minimum atomic E-state index is 0.921. The van der Waals surface area contributed by atoms with Crippen molar-refractivity contribution in [3.05, 3.63) is 115 Å². The first-order valence-electron chi connectivity index (χ1n) is 12.8. The summed E-state index contributed by atoms with van der Waals surface area (Å²) >= 11 is 1.74. The van der Waals surface area contributed by atoms with Gasteiger partial charge in [-0.25, -0.2) is 4.98 Å². The second-order valence-corrected chi connectivity index (χ2v) is 11.0. The summed E-state index contributed by atoms with van der Waals surface area (Å²) in [7, 11) is 0. The molecule has 2 heterocycles. The van der Waals surface area contributed by atoms with Crippen LogP contribution in [-0.2, 0) is 0 Å². The molecule has 0 radical (unpaired) electrons. The minimum absolute atomic E-state index is 0.921. The van der Waals surface area contributed by atoms with Crippen molar-refractivity contribution in [2.45, 2.75) is 0 Å². The summed E-state index contributed by atoms with van der Waals surface area (Å²) in [5, 5.41) is 6.00. The highest BCUT2D eigenvalue weighted by atomic mass is 32.1. The first kappa shape index (κ1) is 20.3. The molecule has 176 valence electrons. The lowest BCUT2D eigenvalue weighted by Crippen LogP contribution is -1.79. The van der Waals surface area contributed by atoms with Crippen LogP contribution in [0.25, 0.3) is 86.9 Å².